The van der Waals surface area contributed by atoms with Gasteiger partial charge in [-0.05, 0) is 25.5 Å². The molecule has 1 aliphatic heterocycles. The predicted octanol–water partition coefficient (Wildman–Crippen LogP) is 1.68. The second-order valence-electron chi connectivity index (χ2n) is 5.40. The van der Waals surface area contributed by atoms with Crippen molar-refractivity contribution < 1.29 is 14.3 Å². The van der Waals surface area contributed by atoms with Crippen LogP contribution in [0.1, 0.15) is 24.9 Å². The zero-order chi connectivity index (χ0) is 15.2. The van der Waals surface area contributed by atoms with Gasteiger partial charge >= 0.3 is 5.97 Å². The number of esters is 1. The summed E-state index contributed by atoms with van der Waals surface area (Å²) in [4.78, 5) is 24.2. The number of hydrogen-bond donors (Lipinski definition) is 2. The van der Waals surface area contributed by atoms with Gasteiger partial charge in [-0.1, -0.05) is 30.3 Å². The Kier molecular flexibility index (Phi) is 7.35. The Morgan fingerprint density at radius 2 is 2.00 bits per heavy atom. The van der Waals surface area contributed by atoms with Crippen LogP contribution in [-0.2, 0) is 14.3 Å². The Morgan fingerprint density at radius 3 is 2.55 bits per heavy atom. The van der Waals surface area contributed by atoms with E-state index in [-0.39, 0.29) is 36.2 Å². The molecule has 3 unspecified atom stereocenters. The predicted molar refractivity (Wildman–Crippen MR) is 86.7 cm³/mol. The highest BCUT2D eigenvalue weighted by Crippen LogP contribution is 2.24. The van der Waals surface area contributed by atoms with Gasteiger partial charge in [0.05, 0.1) is 25.0 Å². The van der Waals surface area contributed by atoms with Crippen molar-refractivity contribution in [2.45, 2.75) is 19.4 Å². The van der Waals surface area contributed by atoms with E-state index in [1.165, 1.54) is 7.11 Å². The second kappa shape index (κ2) is 8.76. The minimum Gasteiger partial charge on any atom is -0.469 e. The van der Waals surface area contributed by atoms with Gasteiger partial charge in [0.1, 0.15) is 0 Å². The van der Waals surface area contributed by atoms with Gasteiger partial charge in [0, 0.05) is 6.54 Å². The summed E-state index contributed by atoms with van der Waals surface area (Å²) in [6, 6.07) is 9.16. The maximum atomic E-state index is 12.3. The second-order valence-corrected chi connectivity index (χ2v) is 5.40. The summed E-state index contributed by atoms with van der Waals surface area (Å²) in [7, 11) is 1.36. The number of carbonyl (C=O) groups excluding carboxylic acids is 2. The number of amides is 1. The summed E-state index contributed by atoms with van der Waals surface area (Å²) in [6.07, 6.45) is 0.833. The minimum atomic E-state index is -0.435. The normalized spacial score (nSPS) is 19.6. The molecule has 6 heteroatoms. The van der Waals surface area contributed by atoms with Crippen molar-refractivity contribution in [3.63, 3.8) is 0 Å². The molecule has 5 nitrogen and oxygen atoms in total. The molecule has 1 aromatic carbocycles. The van der Waals surface area contributed by atoms with Crippen LogP contribution < -0.4 is 10.6 Å². The average molecular weight is 327 g/mol. The van der Waals surface area contributed by atoms with Crippen molar-refractivity contribution in [2.24, 2.45) is 11.8 Å². The van der Waals surface area contributed by atoms with E-state index >= 15 is 0 Å². The molecular weight excluding hydrogens is 304 g/mol. The van der Waals surface area contributed by atoms with Gasteiger partial charge in [0.2, 0.25) is 5.91 Å². The van der Waals surface area contributed by atoms with Crippen LogP contribution in [0, 0.1) is 11.8 Å². The van der Waals surface area contributed by atoms with Crippen LogP contribution in [0.3, 0.4) is 0 Å². The lowest BCUT2D eigenvalue weighted by Gasteiger charge is -2.25. The third kappa shape index (κ3) is 4.45. The van der Waals surface area contributed by atoms with Gasteiger partial charge in [-0.25, -0.2) is 0 Å². The van der Waals surface area contributed by atoms with Gasteiger partial charge < -0.3 is 15.4 Å². The summed E-state index contributed by atoms with van der Waals surface area (Å²) in [6.45, 7) is 3.33. The number of rotatable bonds is 5. The Morgan fingerprint density at radius 1 is 1.32 bits per heavy atom. The molecule has 0 aliphatic carbocycles. The van der Waals surface area contributed by atoms with Gasteiger partial charge in [0.25, 0.3) is 0 Å². The van der Waals surface area contributed by atoms with Crippen molar-refractivity contribution in [3.8, 4) is 0 Å². The molecule has 1 heterocycles. The molecule has 0 radical (unpaired) electrons. The fourth-order valence-electron chi connectivity index (χ4n) is 2.63. The van der Waals surface area contributed by atoms with E-state index in [0.29, 0.717) is 6.54 Å². The van der Waals surface area contributed by atoms with Gasteiger partial charge in [-0.15, -0.1) is 12.4 Å². The third-order valence-corrected chi connectivity index (χ3v) is 3.96. The number of benzene rings is 1. The van der Waals surface area contributed by atoms with Crippen LogP contribution in [-0.4, -0.2) is 32.1 Å². The van der Waals surface area contributed by atoms with E-state index in [2.05, 4.69) is 10.6 Å². The zero-order valence-electron chi connectivity index (χ0n) is 12.9. The number of nitrogens with one attached hydrogen (secondary N) is 2. The van der Waals surface area contributed by atoms with E-state index in [1.807, 2.05) is 30.3 Å². The van der Waals surface area contributed by atoms with Crippen LogP contribution in [0.5, 0.6) is 0 Å². The molecule has 1 saturated heterocycles. The molecule has 122 valence electrons. The first-order valence-corrected chi connectivity index (χ1v) is 7.27. The summed E-state index contributed by atoms with van der Waals surface area (Å²) >= 11 is 0. The molecule has 1 aromatic rings. The summed E-state index contributed by atoms with van der Waals surface area (Å²) in [5.41, 5.74) is 0.912. The Hall–Kier alpha value is -1.59. The molecule has 0 aromatic heterocycles. The first kappa shape index (κ1) is 18.5. The van der Waals surface area contributed by atoms with E-state index < -0.39 is 5.92 Å². The first-order valence-electron chi connectivity index (χ1n) is 7.27. The quantitative estimate of drug-likeness (QED) is 0.808. The lowest BCUT2D eigenvalue weighted by Crippen LogP contribution is -2.39. The van der Waals surface area contributed by atoms with Crippen molar-refractivity contribution in [1.82, 2.24) is 10.6 Å². The van der Waals surface area contributed by atoms with E-state index in [1.54, 1.807) is 6.92 Å². The van der Waals surface area contributed by atoms with Crippen molar-refractivity contribution in [2.75, 3.05) is 20.2 Å². The lowest BCUT2D eigenvalue weighted by molar-refractivity contribution is -0.146. The van der Waals surface area contributed by atoms with Crippen molar-refractivity contribution >= 4 is 24.3 Å². The number of hydrogen-bond acceptors (Lipinski definition) is 4. The maximum Gasteiger partial charge on any atom is 0.310 e. The largest absolute Gasteiger partial charge is 0.469 e. The fourth-order valence-corrected chi connectivity index (χ4v) is 2.63. The zero-order valence-corrected chi connectivity index (χ0v) is 13.7. The molecule has 1 amide bonds. The number of carbonyl (C=O) groups is 2. The third-order valence-electron chi connectivity index (χ3n) is 3.96. The lowest BCUT2D eigenvalue weighted by atomic mass is 9.93. The van der Waals surface area contributed by atoms with Crippen LogP contribution in [0.4, 0.5) is 0 Å². The fraction of sp³-hybridized carbons (Fsp3) is 0.500. The highest BCUT2D eigenvalue weighted by Gasteiger charge is 2.31. The molecule has 3 atom stereocenters. The Labute approximate surface area is 137 Å². The average Bonchev–Trinajstić information content (AvgIpc) is 3.06. The van der Waals surface area contributed by atoms with Gasteiger partial charge in [0.15, 0.2) is 0 Å². The van der Waals surface area contributed by atoms with E-state index in [4.69, 9.17) is 4.74 Å². The van der Waals surface area contributed by atoms with E-state index in [9.17, 15) is 9.59 Å². The van der Waals surface area contributed by atoms with Gasteiger partial charge in [-0.2, -0.15) is 0 Å². The van der Waals surface area contributed by atoms with Crippen LogP contribution in [0.2, 0.25) is 0 Å². The smallest absolute Gasteiger partial charge is 0.310 e. The maximum absolute atomic E-state index is 12.3. The Bertz CT molecular complexity index is 489. The molecular formula is C16H23ClN2O3. The standard InChI is InChI=1S/C16H22N2O3.ClH/c1-11(16(20)21-2)14(12-6-4-3-5-7-12)18-15(19)13-8-9-17-10-13;/h3-7,11,13-14,17H,8-10H2,1-2H3,(H,18,19);1H. The summed E-state index contributed by atoms with van der Waals surface area (Å²) in [5.74, 6) is -0.796. The molecule has 0 spiro atoms. The molecule has 1 fully saturated rings. The molecule has 2 rings (SSSR count). The molecule has 22 heavy (non-hydrogen) atoms. The van der Waals surface area contributed by atoms with E-state index in [0.717, 1.165) is 18.5 Å². The molecule has 1 aliphatic rings. The molecule has 2 N–H and O–H groups in total. The summed E-state index contributed by atoms with van der Waals surface area (Å²) < 4.78 is 4.82. The number of ether oxygens (including phenoxy) is 1. The first-order chi connectivity index (χ1) is 10.1. The number of halogens is 1. The van der Waals surface area contributed by atoms with Gasteiger partial charge in [-0.3, -0.25) is 9.59 Å². The van der Waals surface area contributed by atoms with Crippen LogP contribution in [0.15, 0.2) is 30.3 Å². The monoisotopic (exact) mass is 326 g/mol. The van der Waals surface area contributed by atoms with Crippen molar-refractivity contribution in [3.05, 3.63) is 35.9 Å². The Balaban J connectivity index is 0.00000242. The topological polar surface area (TPSA) is 67.4 Å². The SMILES string of the molecule is COC(=O)C(C)C(NC(=O)C1CCNC1)c1ccccc1.Cl. The van der Waals surface area contributed by atoms with Crippen LogP contribution >= 0.6 is 12.4 Å². The highest BCUT2D eigenvalue weighted by atomic mass is 35.5. The minimum absolute atomic E-state index is 0. The highest BCUT2D eigenvalue weighted by molar-refractivity contribution is 5.85. The molecule has 0 bridgehead atoms. The molecule has 0 saturated carbocycles. The number of methoxy groups -OCH3 is 1. The van der Waals surface area contributed by atoms with Crippen molar-refractivity contribution in [1.29, 1.82) is 0 Å². The summed E-state index contributed by atoms with van der Waals surface area (Å²) in [5, 5.41) is 6.19. The van der Waals surface area contributed by atoms with Crippen LogP contribution in [0.25, 0.3) is 0 Å².